The smallest absolute Gasteiger partial charge is 0.378 e. The van der Waals surface area contributed by atoms with Crippen LogP contribution in [0.5, 0.6) is 0 Å². The van der Waals surface area contributed by atoms with Gasteiger partial charge < -0.3 is 9.47 Å². The summed E-state index contributed by atoms with van der Waals surface area (Å²) in [5.41, 5.74) is 0. The zero-order valence-corrected chi connectivity index (χ0v) is 15.8. The van der Waals surface area contributed by atoms with Gasteiger partial charge in [0.2, 0.25) is 0 Å². The van der Waals surface area contributed by atoms with Crippen molar-refractivity contribution >= 4 is 0 Å². The van der Waals surface area contributed by atoms with Gasteiger partial charge in [-0.15, -0.1) is 0 Å². The van der Waals surface area contributed by atoms with Crippen LogP contribution in [0.2, 0.25) is 0 Å². The van der Waals surface area contributed by atoms with Crippen molar-refractivity contribution in [3.63, 3.8) is 0 Å². The average molecular weight is 406 g/mol. The summed E-state index contributed by atoms with van der Waals surface area (Å²) in [5, 5.41) is 0. The highest BCUT2D eigenvalue weighted by molar-refractivity contribution is 4.90. The molecule has 27 heavy (non-hydrogen) atoms. The first-order chi connectivity index (χ1) is 12.4. The lowest BCUT2D eigenvalue weighted by Crippen LogP contribution is -2.58. The van der Waals surface area contributed by atoms with E-state index >= 15 is 0 Å². The van der Waals surface area contributed by atoms with Gasteiger partial charge in [-0.25, -0.2) is 0 Å². The molecule has 0 spiro atoms. The first-order valence-corrected chi connectivity index (χ1v) is 9.22. The summed E-state index contributed by atoms with van der Waals surface area (Å²) in [4.78, 5) is 3.52. The lowest BCUT2D eigenvalue weighted by molar-refractivity contribution is -0.239. The molecule has 0 amide bonds. The fourth-order valence-corrected chi connectivity index (χ4v) is 4.09. The van der Waals surface area contributed by atoms with Gasteiger partial charge in [0, 0.05) is 37.3 Å². The number of alkyl halides is 6. The normalized spacial score (nSPS) is 30.7. The Labute approximate surface area is 155 Å². The third-order valence-electron chi connectivity index (χ3n) is 5.23. The van der Waals surface area contributed by atoms with Crippen molar-refractivity contribution in [2.45, 2.75) is 76.2 Å². The molecule has 4 atom stereocenters. The lowest BCUT2D eigenvalue weighted by Gasteiger charge is -2.47. The molecule has 0 N–H and O–H groups in total. The van der Waals surface area contributed by atoms with E-state index in [0.717, 1.165) is 0 Å². The molecular weight excluding hydrogens is 378 g/mol. The molecule has 2 rings (SSSR count). The monoisotopic (exact) mass is 406 g/mol. The quantitative estimate of drug-likeness (QED) is 0.653. The molecule has 2 aliphatic heterocycles. The van der Waals surface area contributed by atoms with Crippen molar-refractivity contribution in [2.24, 2.45) is 0 Å². The van der Waals surface area contributed by atoms with Crippen LogP contribution in [0, 0.1) is 0 Å². The Morgan fingerprint density at radius 3 is 2.19 bits per heavy atom. The van der Waals surface area contributed by atoms with Gasteiger partial charge in [-0.2, -0.15) is 26.3 Å². The second-order valence-electron chi connectivity index (χ2n) is 7.69. The molecular formula is C17H28F6N2O2. The zero-order valence-electron chi connectivity index (χ0n) is 15.8. The molecule has 0 aromatic carbocycles. The van der Waals surface area contributed by atoms with Gasteiger partial charge in [-0.1, -0.05) is 0 Å². The first kappa shape index (κ1) is 22.7. The number of hydrogen-bond acceptors (Lipinski definition) is 4. The maximum absolute atomic E-state index is 12.9. The maximum atomic E-state index is 12.9. The molecule has 0 aromatic rings. The minimum absolute atomic E-state index is 0.0102. The van der Waals surface area contributed by atoms with Crippen LogP contribution in [-0.2, 0) is 9.47 Å². The number of halogens is 6. The van der Waals surface area contributed by atoms with Crippen LogP contribution in [-0.4, -0.2) is 85.3 Å². The van der Waals surface area contributed by atoms with E-state index in [-0.39, 0.29) is 44.5 Å². The Hall–Kier alpha value is -0.580. The highest BCUT2D eigenvalue weighted by Crippen LogP contribution is 2.31. The van der Waals surface area contributed by atoms with Gasteiger partial charge in [0.05, 0.1) is 26.2 Å². The van der Waals surface area contributed by atoms with Gasteiger partial charge in [0.25, 0.3) is 0 Å². The van der Waals surface area contributed by atoms with Gasteiger partial charge in [0.1, 0.15) is 0 Å². The zero-order chi connectivity index (χ0) is 20.4. The molecule has 0 aliphatic carbocycles. The van der Waals surface area contributed by atoms with Gasteiger partial charge in [-0.3, -0.25) is 9.80 Å². The second kappa shape index (κ2) is 8.84. The molecule has 0 aromatic heterocycles. The second-order valence-corrected chi connectivity index (χ2v) is 7.69. The summed E-state index contributed by atoms with van der Waals surface area (Å²) >= 11 is 0. The summed E-state index contributed by atoms with van der Waals surface area (Å²) in [5.74, 6) is 0. The van der Waals surface area contributed by atoms with Crippen LogP contribution < -0.4 is 0 Å². The topological polar surface area (TPSA) is 24.9 Å². The highest BCUT2D eigenvalue weighted by Gasteiger charge is 2.45. The van der Waals surface area contributed by atoms with Crippen molar-refractivity contribution in [1.29, 1.82) is 0 Å². The number of nitrogens with zero attached hydrogens (tertiary/aromatic N) is 2. The van der Waals surface area contributed by atoms with Crippen LogP contribution >= 0.6 is 0 Å². The standard InChI is InChI=1S/C17H28F6N2O2/c1-11(2)25-13(9-26-10-14(25)7-16(18,19)20)6-12(3)24-4-5-27-15(8-24)17(21,22)23/h11-15H,4-10H2,1-3H3. The molecule has 10 heteroatoms. The van der Waals surface area contributed by atoms with Crippen LogP contribution in [0.1, 0.15) is 33.6 Å². The van der Waals surface area contributed by atoms with Gasteiger partial charge in [0.15, 0.2) is 6.10 Å². The number of rotatable bonds is 5. The summed E-state index contributed by atoms with van der Waals surface area (Å²) in [7, 11) is 0. The Morgan fingerprint density at radius 2 is 1.63 bits per heavy atom. The largest absolute Gasteiger partial charge is 0.415 e. The van der Waals surface area contributed by atoms with E-state index < -0.39 is 30.9 Å². The predicted octanol–water partition coefficient (Wildman–Crippen LogP) is 3.46. The molecule has 0 bridgehead atoms. The predicted molar refractivity (Wildman–Crippen MR) is 87.5 cm³/mol. The Morgan fingerprint density at radius 1 is 1.00 bits per heavy atom. The Kier molecular flexibility index (Phi) is 7.43. The fourth-order valence-electron chi connectivity index (χ4n) is 4.09. The molecule has 4 nitrogen and oxygen atoms in total. The molecule has 2 fully saturated rings. The van der Waals surface area contributed by atoms with Crippen LogP contribution in [0.4, 0.5) is 26.3 Å². The minimum Gasteiger partial charge on any atom is -0.378 e. The maximum Gasteiger partial charge on any atom is 0.415 e. The number of ether oxygens (including phenoxy) is 2. The van der Waals surface area contributed by atoms with E-state index in [1.54, 1.807) is 4.90 Å². The third-order valence-corrected chi connectivity index (χ3v) is 5.23. The summed E-state index contributed by atoms with van der Waals surface area (Å²) in [6.07, 6.45) is -11.1. The van der Waals surface area contributed by atoms with Crippen LogP contribution in [0.25, 0.3) is 0 Å². The minimum atomic E-state index is -4.42. The molecule has 4 unspecified atom stereocenters. The van der Waals surface area contributed by atoms with Gasteiger partial charge >= 0.3 is 12.4 Å². The molecule has 160 valence electrons. The molecule has 2 heterocycles. The Bertz CT molecular complexity index is 471. The van der Waals surface area contributed by atoms with Crippen LogP contribution in [0.3, 0.4) is 0 Å². The highest BCUT2D eigenvalue weighted by atomic mass is 19.4. The van der Waals surface area contributed by atoms with Crippen LogP contribution in [0.15, 0.2) is 0 Å². The van der Waals surface area contributed by atoms with E-state index in [1.807, 2.05) is 25.7 Å². The SMILES string of the molecule is CC(CC1COCC(CC(F)(F)F)N1C(C)C)N1CCOC(C(F)(F)F)C1. The Balaban J connectivity index is 2.02. The summed E-state index contributed by atoms with van der Waals surface area (Å²) < 4.78 is 87.7. The number of hydrogen-bond donors (Lipinski definition) is 0. The molecule has 0 saturated carbocycles. The van der Waals surface area contributed by atoms with E-state index in [2.05, 4.69) is 0 Å². The number of morpholine rings is 2. The average Bonchev–Trinajstić information content (AvgIpc) is 2.52. The lowest BCUT2D eigenvalue weighted by atomic mass is 9.98. The van der Waals surface area contributed by atoms with Crippen molar-refractivity contribution < 1.29 is 35.8 Å². The van der Waals surface area contributed by atoms with Crippen molar-refractivity contribution in [1.82, 2.24) is 9.80 Å². The van der Waals surface area contributed by atoms with Crippen molar-refractivity contribution in [3.8, 4) is 0 Å². The van der Waals surface area contributed by atoms with Crippen molar-refractivity contribution in [3.05, 3.63) is 0 Å². The van der Waals surface area contributed by atoms with E-state index in [1.165, 1.54) is 0 Å². The first-order valence-electron chi connectivity index (χ1n) is 9.22. The van der Waals surface area contributed by atoms with Crippen molar-refractivity contribution in [2.75, 3.05) is 32.9 Å². The third kappa shape index (κ3) is 6.47. The van der Waals surface area contributed by atoms with Gasteiger partial charge in [-0.05, 0) is 27.2 Å². The molecule has 0 radical (unpaired) electrons. The van der Waals surface area contributed by atoms with E-state index in [4.69, 9.17) is 9.47 Å². The van der Waals surface area contributed by atoms with E-state index in [0.29, 0.717) is 13.0 Å². The van der Waals surface area contributed by atoms with E-state index in [9.17, 15) is 26.3 Å². The summed E-state index contributed by atoms with van der Waals surface area (Å²) in [6, 6.07) is -1.39. The fraction of sp³-hybridized carbons (Fsp3) is 1.00. The summed E-state index contributed by atoms with van der Waals surface area (Å²) in [6.45, 7) is 5.87. The molecule has 2 aliphatic rings. The molecule has 2 saturated heterocycles.